The molecule has 0 saturated carbocycles. The van der Waals surface area contributed by atoms with Crippen molar-refractivity contribution in [1.29, 1.82) is 0 Å². The summed E-state index contributed by atoms with van der Waals surface area (Å²) in [4.78, 5) is 30.5. The Hall–Kier alpha value is -3.10. The van der Waals surface area contributed by atoms with Gasteiger partial charge in [0.2, 0.25) is 0 Å². The highest BCUT2D eigenvalue weighted by Crippen LogP contribution is 2.49. The Bertz CT molecular complexity index is 1200. The fourth-order valence-electron chi connectivity index (χ4n) is 3.81. The van der Waals surface area contributed by atoms with Crippen molar-refractivity contribution in [3.8, 4) is 0 Å². The molecule has 6 nitrogen and oxygen atoms in total. The summed E-state index contributed by atoms with van der Waals surface area (Å²) in [6.07, 6.45) is 7.72. The fraction of sp³-hybridized carbons (Fsp3) is 0.208. The first kappa shape index (κ1) is 22.1. The number of allylic oxidation sites excluding steroid dienone is 3. The van der Waals surface area contributed by atoms with Crippen LogP contribution in [0.4, 0.5) is 5.69 Å². The monoisotopic (exact) mass is 465 g/mol. The summed E-state index contributed by atoms with van der Waals surface area (Å²) in [5.41, 5.74) is 1.41. The summed E-state index contributed by atoms with van der Waals surface area (Å²) < 4.78 is 0. The minimum absolute atomic E-state index is 0.174. The van der Waals surface area contributed by atoms with Gasteiger partial charge in [0, 0.05) is 23.0 Å². The van der Waals surface area contributed by atoms with E-state index in [0.29, 0.717) is 0 Å². The number of aliphatic carboxylic acids is 1. The smallest absolute Gasteiger partial charge is 0.323 e. The van der Waals surface area contributed by atoms with Crippen molar-refractivity contribution in [3.63, 3.8) is 0 Å². The number of carboxylic acids is 1. The van der Waals surface area contributed by atoms with E-state index in [1.807, 2.05) is 31.2 Å². The molecule has 2 aliphatic heterocycles. The van der Waals surface area contributed by atoms with Gasteiger partial charge in [0.05, 0.1) is 10.7 Å². The third-order valence-corrected chi connectivity index (χ3v) is 6.80. The summed E-state index contributed by atoms with van der Waals surface area (Å²) in [5, 5.41) is 12.8. The van der Waals surface area contributed by atoms with Crippen LogP contribution in [0, 0.1) is 0 Å². The van der Waals surface area contributed by atoms with E-state index >= 15 is 0 Å². The molecule has 1 amide bonds. The van der Waals surface area contributed by atoms with Crippen molar-refractivity contribution in [2.24, 2.45) is 0 Å². The topological polar surface area (TPSA) is 64.1 Å². The Morgan fingerprint density at radius 1 is 1.12 bits per heavy atom. The van der Waals surface area contributed by atoms with Crippen LogP contribution in [-0.2, 0) is 9.59 Å². The van der Waals surface area contributed by atoms with E-state index in [9.17, 15) is 14.7 Å². The number of hydrogen-bond donors (Lipinski definition) is 1. The predicted octanol–water partition coefficient (Wildman–Crippen LogP) is 4.93. The number of carbonyl (C=O) groups is 2. The van der Waals surface area contributed by atoms with E-state index in [0.717, 1.165) is 28.6 Å². The number of carbonyl (C=O) groups excluding carboxylic acids is 1. The van der Waals surface area contributed by atoms with Gasteiger partial charge < -0.3 is 14.9 Å². The molecule has 2 heterocycles. The average Bonchev–Trinajstić information content (AvgIpc) is 3.25. The van der Waals surface area contributed by atoms with Crippen molar-refractivity contribution >= 4 is 57.4 Å². The van der Waals surface area contributed by atoms with Crippen molar-refractivity contribution < 1.29 is 14.7 Å². The van der Waals surface area contributed by atoms with E-state index in [2.05, 4.69) is 36.1 Å². The van der Waals surface area contributed by atoms with Gasteiger partial charge in [-0.2, -0.15) is 0 Å². The molecule has 0 bridgehead atoms. The van der Waals surface area contributed by atoms with Gasteiger partial charge in [-0.15, -0.1) is 0 Å². The number of carboxylic acid groups (broad SMARTS) is 1. The third kappa shape index (κ3) is 3.91. The molecule has 0 aromatic heterocycles. The number of hydrogen-bond acceptors (Lipinski definition) is 5. The Labute approximate surface area is 196 Å². The van der Waals surface area contributed by atoms with E-state index in [1.165, 1.54) is 20.6 Å². The van der Waals surface area contributed by atoms with E-state index in [1.54, 1.807) is 24.0 Å². The highest BCUT2D eigenvalue weighted by atomic mass is 32.2. The van der Waals surface area contributed by atoms with Crippen LogP contribution in [0.2, 0.25) is 0 Å². The number of rotatable bonds is 6. The SMILES string of the molecule is CCC=CN1C(=O)C(=CC=C2Sc3ccc4ccccc4c3N2CC)N(CC(=O)O)C1=S. The van der Waals surface area contributed by atoms with Crippen molar-refractivity contribution in [1.82, 2.24) is 9.80 Å². The molecular formula is C24H23N3O3S2. The Kier molecular flexibility index (Phi) is 6.34. The zero-order valence-corrected chi connectivity index (χ0v) is 19.4. The second-order valence-corrected chi connectivity index (χ2v) is 8.69. The molecule has 0 radical (unpaired) electrons. The Morgan fingerprint density at radius 3 is 2.62 bits per heavy atom. The lowest BCUT2D eigenvalue weighted by Gasteiger charge is -2.19. The molecular weight excluding hydrogens is 442 g/mol. The molecule has 2 aromatic rings. The molecule has 1 saturated heterocycles. The Balaban J connectivity index is 1.73. The van der Waals surface area contributed by atoms with Gasteiger partial charge in [0.15, 0.2) is 5.11 Å². The van der Waals surface area contributed by atoms with E-state index in [-0.39, 0.29) is 23.3 Å². The van der Waals surface area contributed by atoms with Gasteiger partial charge in [0.25, 0.3) is 5.91 Å². The maximum atomic E-state index is 13.0. The third-order valence-electron chi connectivity index (χ3n) is 5.26. The maximum absolute atomic E-state index is 13.0. The number of benzene rings is 2. The number of anilines is 1. The van der Waals surface area contributed by atoms with Crippen molar-refractivity contribution in [2.45, 2.75) is 25.2 Å². The van der Waals surface area contributed by atoms with E-state index < -0.39 is 5.97 Å². The molecule has 0 spiro atoms. The number of nitrogens with zero attached hydrogens (tertiary/aromatic N) is 3. The molecule has 8 heteroatoms. The van der Waals surface area contributed by atoms with Crippen LogP contribution in [0.25, 0.3) is 10.8 Å². The lowest BCUT2D eigenvalue weighted by Crippen LogP contribution is -2.32. The molecule has 1 fully saturated rings. The van der Waals surface area contributed by atoms with Crippen LogP contribution in [0.15, 0.2) is 76.4 Å². The first-order valence-corrected chi connectivity index (χ1v) is 11.6. The lowest BCUT2D eigenvalue weighted by atomic mass is 10.1. The molecule has 0 unspecified atom stereocenters. The molecule has 1 N–H and O–H groups in total. The van der Waals surface area contributed by atoms with Gasteiger partial charge in [-0.1, -0.05) is 55.1 Å². The predicted molar refractivity (Wildman–Crippen MR) is 132 cm³/mol. The van der Waals surface area contributed by atoms with Crippen LogP contribution >= 0.6 is 24.0 Å². The average molecular weight is 466 g/mol. The van der Waals surface area contributed by atoms with Crippen LogP contribution in [0.1, 0.15) is 20.3 Å². The molecule has 2 aromatic carbocycles. The fourth-order valence-corrected chi connectivity index (χ4v) is 5.26. The number of amides is 1. The number of thioether (sulfide) groups is 1. The standard InChI is InChI=1S/C24H23N3O3S2/c1-3-5-14-26-23(30)18(27(24(26)31)15-21(28)29)11-13-20-25(4-2)22-17-9-7-6-8-16(17)10-12-19(22)32-20/h5-14H,3-4,15H2,1-2H3,(H,28,29). The minimum atomic E-state index is -1.05. The van der Waals surface area contributed by atoms with Gasteiger partial charge in [0.1, 0.15) is 12.2 Å². The summed E-state index contributed by atoms with van der Waals surface area (Å²) in [7, 11) is 0. The Morgan fingerprint density at radius 2 is 1.91 bits per heavy atom. The largest absolute Gasteiger partial charge is 0.480 e. The summed E-state index contributed by atoms with van der Waals surface area (Å²) in [6.45, 7) is 4.43. The highest BCUT2D eigenvalue weighted by molar-refractivity contribution is 8.03. The molecule has 2 aliphatic rings. The molecule has 32 heavy (non-hydrogen) atoms. The van der Waals surface area contributed by atoms with Crippen LogP contribution < -0.4 is 4.90 Å². The number of fused-ring (bicyclic) bond motifs is 3. The quantitative estimate of drug-likeness (QED) is 0.479. The second kappa shape index (κ2) is 9.18. The van der Waals surface area contributed by atoms with Crippen LogP contribution in [0.5, 0.6) is 0 Å². The number of thiocarbonyl (C=S) groups is 1. The van der Waals surface area contributed by atoms with Gasteiger partial charge in [-0.05, 0) is 49.2 Å². The lowest BCUT2D eigenvalue weighted by molar-refractivity contribution is -0.137. The molecule has 164 valence electrons. The molecule has 0 atom stereocenters. The van der Waals surface area contributed by atoms with Crippen molar-refractivity contribution in [3.05, 3.63) is 71.6 Å². The van der Waals surface area contributed by atoms with Crippen LogP contribution in [-0.4, -0.2) is 45.0 Å². The van der Waals surface area contributed by atoms with E-state index in [4.69, 9.17) is 12.2 Å². The molecule has 4 rings (SSSR count). The van der Waals surface area contributed by atoms with Gasteiger partial charge in [-0.25, -0.2) is 0 Å². The zero-order valence-electron chi connectivity index (χ0n) is 17.8. The van der Waals surface area contributed by atoms with Gasteiger partial charge in [-0.3, -0.25) is 14.5 Å². The first-order chi connectivity index (χ1) is 15.5. The summed E-state index contributed by atoms with van der Waals surface area (Å²) in [5.74, 6) is -1.38. The van der Waals surface area contributed by atoms with Crippen LogP contribution in [0.3, 0.4) is 0 Å². The first-order valence-electron chi connectivity index (χ1n) is 10.4. The minimum Gasteiger partial charge on any atom is -0.480 e. The summed E-state index contributed by atoms with van der Waals surface area (Å²) in [6, 6.07) is 12.5. The normalized spacial score (nSPS) is 18.8. The zero-order chi connectivity index (χ0) is 22.8. The van der Waals surface area contributed by atoms with Gasteiger partial charge >= 0.3 is 5.97 Å². The maximum Gasteiger partial charge on any atom is 0.323 e. The van der Waals surface area contributed by atoms with Crippen molar-refractivity contribution in [2.75, 3.05) is 18.0 Å². The highest BCUT2D eigenvalue weighted by Gasteiger charge is 2.37. The second-order valence-electron chi connectivity index (χ2n) is 7.27. The molecule has 0 aliphatic carbocycles. The summed E-state index contributed by atoms with van der Waals surface area (Å²) >= 11 is 7.03.